The third-order valence-corrected chi connectivity index (χ3v) is 4.45. The molecule has 9 heteroatoms. The molecule has 0 saturated carbocycles. The molecule has 1 saturated heterocycles. The van der Waals surface area contributed by atoms with Gasteiger partial charge in [0.25, 0.3) is 5.91 Å². The van der Waals surface area contributed by atoms with Crippen LogP contribution in [0.4, 0.5) is 0 Å². The molecule has 2 N–H and O–H groups in total. The number of furan rings is 1. The molecule has 3 amide bonds. The van der Waals surface area contributed by atoms with Crippen LogP contribution in [0.3, 0.4) is 0 Å². The molecule has 1 unspecified atom stereocenters. The molecule has 0 bridgehead atoms. The molecule has 1 aromatic rings. The first-order chi connectivity index (χ1) is 12.3. The Labute approximate surface area is 150 Å². The molecule has 2 rings (SSSR count). The maximum Gasteiger partial charge on any atom is 0.306 e. The van der Waals surface area contributed by atoms with E-state index in [1.807, 2.05) is 0 Å². The summed E-state index contributed by atoms with van der Waals surface area (Å²) >= 11 is 0. The summed E-state index contributed by atoms with van der Waals surface area (Å²) in [6.45, 7) is 2.15. The van der Waals surface area contributed by atoms with E-state index in [-0.39, 0.29) is 12.5 Å². The normalized spacial score (nSPS) is 16.0. The maximum absolute atomic E-state index is 12.3. The van der Waals surface area contributed by atoms with Crippen molar-refractivity contribution in [2.24, 2.45) is 5.92 Å². The van der Waals surface area contributed by atoms with E-state index in [0.717, 1.165) is 0 Å². The second-order valence-electron chi connectivity index (χ2n) is 6.39. The Hall–Kier alpha value is -2.84. The molecule has 9 nitrogen and oxygen atoms in total. The van der Waals surface area contributed by atoms with Crippen LogP contribution < -0.4 is 5.32 Å². The van der Waals surface area contributed by atoms with Crippen molar-refractivity contribution in [2.75, 3.05) is 26.7 Å². The smallest absolute Gasteiger partial charge is 0.306 e. The molecule has 1 atom stereocenters. The van der Waals surface area contributed by atoms with E-state index < -0.39 is 29.7 Å². The van der Waals surface area contributed by atoms with Crippen LogP contribution in [-0.2, 0) is 14.4 Å². The highest BCUT2D eigenvalue weighted by Gasteiger charge is 2.29. The van der Waals surface area contributed by atoms with Crippen LogP contribution in [-0.4, -0.2) is 71.3 Å². The lowest BCUT2D eigenvalue weighted by molar-refractivity contribution is -0.146. The second-order valence-corrected chi connectivity index (χ2v) is 6.39. The van der Waals surface area contributed by atoms with E-state index in [0.29, 0.717) is 31.5 Å². The zero-order valence-corrected chi connectivity index (χ0v) is 14.8. The summed E-state index contributed by atoms with van der Waals surface area (Å²) in [4.78, 5) is 50.4. The molecular formula is C17H23N3O6. The van der Waals surface area contributed by atoms with Crippen molar-refractivity contribution in [2.45, 2.75) is 25.8 Å². The molecule has 0 radical (unpaired) electrons. The van der Waals surface area contributed by atoms with Gasteiger partial charge in [-0.3, -0.25) is 19.2 Å². The minimum Gasteiger partial charge on any atom is -0.481 e. The van der Waals surface area contributed by atoms with E-state index in [4.69, 9.17) is 9.52 Å². The van der Waals surface area contributed by atoms with Crippen LogP contribution in [0.15, 0.2) is 23.0 Å². The third-order valence-electron chi connectivity index (χ3n) is 4.45. The van der Waals surface area contributed by atoms with Crippen LogP contribution in [0.1, 0.15) is 30.1 Å². The summed E-state index contributed by atoms with van der Waals surface area (Å²) < 4.78 is 4.82. The Morgan fingerprint density at radius 3 is 2.54 bits per heavy atom. The lowest BCUT2D eigenvalue weighted by atomic mass is 9.97. The summed E-state index contributed by atoms with van der Waals surface area (Å²) in [6, 6.07) is 0.688. The monoisotopic (exact) mass is 365 g/mol. The van der Waals surface area contributed by atoms with E-state index in [2.05, 4.69) is 5.32 Å². The van der Waals surface area contributed by atoms with Gasteiger partial charge in [-0.05, 0) is 25.8 Å². The number of rotatable bonds is 6. The number of carbonyl (C=O) groups excluding carboxylic acids is 3. The topological polar surface area (TPSA) is 120 Å². The van der Waals surface area contributed by atoms with Crippen LogP contribution in [0.25, 0.3) is 0 Å². The predicted molar refractivity (Wildman–Crippen MR) is 90.2 cm³/mol. The maximum atomic E-state index is 12.3. The number of carboxylic acids is 1. The number of likely N-dealkylation sites (tertiary alicyclic amines) is 1. The zero-order valence-electron chi connectivity index (χ0n) is 14.8. The number of hydrogen-bond donors (Lipinski definition) is 2. The molecule has 26 heavy (non-hydrogen) atoms. The van der Waals surface area contributed by atoms with Crippen LogP contribution in [0.5, 0.6) is 0 Å². The number of likely N-dealkylation sites (N-methyl/N-ethyl adjacent to an activating group) is 1. The first kappa shape index (κ1) is 19.5. The number of carboxylic acid groups (broad SMARTS) is 1. The van der Waals surface area contributed by atoms with Crippen molar-refractivity contribution >= 4 is 23.7 Å². The molecule has 0 aliphatic carbocycles. The number of nitrogens with zero attached hydrogens (tertiary/aromatic N) is 2. The fourth-order valence-electron chi connectivity index (χ4n) is 2.82. The standard InChI is InChI=1S/C17H23N3O6/c1-11(18-15(22)13-5-8-26-10-13)16(23)19(2)9-14(21)20-6-3-12(4-7-20)17(24)25/h5,8,10-12H,3-4,6-7,9H2,1-2H3,(H,18,22)(H,24,25). The number of nitrogens with one attached hydrogen (secondary N) is 1. The summed E-state index contributed by atoms with van der Waals surface area (Å²) in [5.41, 5.74) is 0.310. The summed E-state index contributed by atoms with van der Waals surface area (Å²) in [5.74, 6) is -2.33. The Bertz CT molecular complexity index is 664. The fraction of sp³-hybridized carbons (Fsp3) is 0.529. The van der Waals surface area contributed by atoms with Crippen molar-refractivity contribution in [3.8, 4) is 0 Å². The van der Waals surface area contributed by atoms with Crippen molar-refractivity contribution < 1.29 is 28.7 Å². The van der Waals surface area contributed by atoms with Gasteiger partial charge in [0.2, 0.25) is 11.8 Å². The molecule has 142 valence electrons. The quantitative estimate of drug-likeness (QED) is 0.742. The average molecular weight is 365 g/mol. The van der Waals surface area contributed by atoms with E-state index in [1.165, 1.54) is 30.5 Å². The van der Waals surface area contributed by atoms with Gasteiger partial charge in [-0.1, -0.05) is 0 Å². The molecule has 1 aromatic heterocycles. The Kier molecular flexibility index (Phi) is 6.37. The predicted octanol–water partition coefficient (Wildman–Crippen LogP) is 0.180. The van der Waals surface area contributed by atoms with Crippen LogP contribution >= 0.6 is 0 Å². The highest BCUT2D eigenvalue weighted by atomic mass is 16.4. The molecular weight excluding hydrogens is 342 g/mol. The Balaban J connectivity index is 1.81. The van der Waals surface area contributed by atoms with Crippen molar-refractivity contribution in [3.05, 3.63) is 24.2 Å². The summed E-state index contributed by atoms with van der Waals surface area (Å²) in [6.07, 6.45) is 3.46. The van der Waals surface area contributed by atoms with E-state index >= 15 is 0 Å². The van der Waals surface area contributed by atoms with Gasteiger partial charge in [-0.25, -0.2) is 0 Å². The minimum absolute atomic E-state index is 0.123. The van der Waals surface area contributed by atoms with Crippen LogP contribution in [0.2, 0.25) is 0 Å². The molecule has 1 fully saturated rings. The molecule has 0 aromatic carbocycles. The minimum atomic E-state index is -0.841. The Morgan fingerprint density at radius 2 is 2.00 bits per heavy atom. The highest BCUT2D eigenvalue weighted by molar-refractivity contribution is 5.97. The largest absolute Gasteiger partial charge is 0.481 e. The number of aliphatic carboxylic acids is 1. The van der Waals surface area contributed by atoms with Crippen molar-refractivity contribution in [1.29, 1.82) is 0 Å². The van der Waals surface area contributed by atoms with Gasteiger partial charge < -0.3 is 24.6 Å². The van der Waals surface area contributed by atoms with Crippen molar-refractivity contribution in [1.82, 2.24) is 15.1 Å². The molecule has 0 spiro atoms. The fourth-order valence-corrected chi connectivity index (χ4v) is 2.82. The van der Waals surface area contributed by atoms with Gasteiger partial charge >= 0.3 is 5.97 Å². The lowest BCUT2D eigenvalue weighted by Gasteiger charge is -2.31. The van der Waals surface area contributed by atoms with Gasteiger partial charge in [-0.2, -0.15) is 0 Å². The SMILES string of the molecule is CC(NC(=O)c1ccoc1)C(=O)N(C)CC(=O)N1CCC(C(=O)O)CC1. The van der Waals surface area contributed by atoms with Gasteiger partial charge in [0.15, 0.2) is 0 Å². The van der Waals surface area contributed by atoms with Gasteiger partial charge in [-0.15, -0.1) is 0 Å². The van der Waals surface area contributed by atoms with Crippen molar-refractivity contribution in [3.63, 3.8) is 0 Å². The van der Waals surface area contributed by atoms with Gasteiger partial charge in [0, 0.05) is 20.1 Å². The Morgan fingerprint density at radius 1 is 1.35 bits per heavy atom. The molecule has 1 aliphatic rings. The highest BCUT2D eigenvalue weighted by Crippen LogP contribution is 2.17. The number of amides is 3. The number of carbonyl (C=O) groups is 4. The zero-order chi connectivity index (χ0) is 19.3. The van der Waals surface area contributed by atoms with E-state index in [9.17, 15) is 19.2 Å². The lowest BCUT2D eigenvalue weighted by Crippen LogP contribution is -2.50. The first-order valence-electron chi connectivity index (χ1n) is 8.38. The van der Waals surface area contributed by atoms with Gasteiger partial charge in [0.1, 0.15) is 12.3 Å². The van der Waals surface area contributed by atoms with Crippen LogP contribution in [0, 0.1) is 5.92 Å². The molecule has 2 heterocycles. The number of hydrogen-bond acceptors (Lipinski definition) is 5. The average Bonchev–Trinajstić information content (AvgIpc) is 3.15. The number of piperidine rings is 1. The van der Waals surface area contributed by atoms with Gasteiger partial charge in [0.05, 0.1) is 24.3 Å². The van der Waals surface area contributed by atoms with E-state index in [1.54, 1.807) is 11.8 Å². The second kappa shape index (κ2) is 8.50. The third kappa shape index (κ3) is 4.84. The first-order valence-corrected chi connectivity index (χ1v) is 8.38. The summed E-state index contributed by atoms with van der Waals surface area (Å²) in [5, 5.41) is 11.5. The summed E-state index contributed by atoms with van der Waals surface area (Å²) in [7, 11) is 1.49. The molecule has 1 aliphatic heterocycles.